The SMILES string of the molecule is COc1cc(F)ccc1C(=O)NC1COCCC1C(=O)Nc1cccc(SC(F)(F)F)c1. The van der Waals surface area contributed by atoms with Gasteiger partial charge in [0.15, 0.2) is 0 Å². The number of halogens is 4. The van der Waals surface area contributed by atoms with Crippen molar-refractivity contribution in [3.8, 4) is 5.75 Å². The van der Waals surface area contributed by atoms with E-state index in [2.05, 4.69) is 10.6 Å². The molecule has 2 aromatic carbocycles. The zero-order valence-electron chi connectivity index (χ0n) is 16.9. The lowest BCUT2D eigenvalue weighted by Gasteiger charge is -2.31. The molecule has 32 heavy (non-hydrogen) atoms. The van der Waals surface area contributed by atoms with Crippen LogP contribution in [0, 0.1) is 11.7 Å². The molecule has 0 spiro atoms. The van der Waals surface area contributed by atoms with Gasteiger partial charge in [-0.25, -0.2) is 4.39 Å². The van der Waals surface area contributed by atoms with Crippen molar-refractivity contribution in [2.75, 3.05) is 25.6 Å². The van der Waals surface area contributed by atoms with Crippen LogP contribution in [0.15, 0.2) is 47.4 Å². The molecule has 1 saturated heterocycles. The van der Waals surface area contributed by atoms with Crippen LogP contribution in [-0.2, 0) is 9.53 Å². The number of anilines is 1. The molecule has 0 radical (unpaired) electrons. The third-order valence-corrected chi connectivity index (χ3v) is 5.47. The summed E-state index contributed by atoms with van der Waals surface area (Å²) in [6.45, 7) is 0.353. The third-order valence-electron chi connectivity index (χ3n) is 4.75. The Bertz CT molecular complexity index is 987. The fourth-order valence-electron chi connectivity index (χ4n) is 3.30. The number of methoxy groups -OCH3 is 1. The maximum atomic E-state index is 13.4. The molecule has 2 amide bonds. The molecule has 2 unspecified atom stereocenters. The summed E-state index contributed by atoms with van der Waals surface area (Å²) < 4.78 is 61.6. The van der Waals surface area contributed by atoms with E-state index in [1.54, 1.807) is 0 Å². The minimum absolute atomic E-state index is 0.0409. The molecule has 2 aromatic rings. The number of hydrogen-bond donors (Lipinski definition) is 2. The Morgan fingerprint density at radius 3 is 2.69 bits per heavy atom. The van der Waals surface area contributed by atoms with Crippen molar-refractivity contribution in [3.05, 3.63) is 53.8 Å². The maximum absolute atomic E-state index is 13.4. The van der Waals surface area contributed by atoms with Crippen molar-refractivity contribution in [3.63, 3.8) is 0 Å². The van der Waals surface area contributed by atoms with Crippen LogP contribution in [0.3, 0.4) is 0 Å². The summed E-state index contributed by atoms with van der Waals surface area (Å²) in [6.07, 6.45) is 0.300. The molecule has 6 nitrogen and oxygen atoms in total. The molecular formula is C21H20F4N2O4S. The van der Waals surface area contributed by atoms with Gasteiger partial charge < -0.3 is 20.1 Å². The maximum Gasteiger partial charge on any atom is 0.446 e. The molecule has 0 aliphatic carbocycles. The first-order valence-corrected chi connectivity index (χ1v) is 10.4. The molecule has 1 heterocycles. The van der Waals surface area contributed by atoms with E-state index in [0.717, 1.165) is 12.1 Å². The second kappa shape index (κ2) is 10.2. The van der Waals surface area contributed by atoms with Crippen molar-refractivity contribution >= 4 is 29.3 Å². The van der Waals surface area contributed by atoms with Crippen LogP contribution >= 0.6 is 11.8 Å². The fraction of sp³-hybridized carbons (Fsp3) is 0.333. The minimum Gasteiger partial charge on any atom is -0.496 e. The van der Waals surface area contributed by atoms with Crippen LogP contribution in [0.1, 0.15) is 16.8 Å². The quantitative estimate of drug-likeness (QED) is 0.487. The van der Waals surface area contributed by atoms with E-state index in [1.807, 2.05) is 0 Å². The molecule has 11 heteroatoms. The van der Waals surface area contributed by atoms with Crippen LogP contribution in [0.4, 0.5) is 23.2 Å². The van der Waals surface area contributed by atoms with E-state index in [9.17, 15) is 27.2 Å². The summed E-state index contributed by atoms with van der Waals surface area (Å²) in [7, 11) is 1.30. The monoisotopic (exact) mass is 472 g/mol. The number of benzene rings is 2. The molecule has 3 rings (SSSR count). The zero-order valence-corrected chi connectivity index (χ0v) is 17.7. The van der Waals surface area contributed by atoms with Crippen LogP contribution in [0.25, 0.3) is 0 Å². The fourth-order valence-corrected chi connectivity index (χ4v) is 3.90. The lowest BCUT2D eigenvalue weighted by atomic mass is 9.93. The molecule has 172 valence electrons. The number of carbonyl (C=O) groups is 2. The molecule has 0 bridgehead atoms. The van der Waals surface area contributed by atoms with Crippen LogP contribution in [0.2, 0.25) is 0 Å². The molecular weight excluding hydrogens is 452 g/mol. The van der Waals surface area contributed by atoms with Gasteiger partial charge in [0, 0.05) is 23.3 Å². The second-order valence-corrected chi connectivity index (χ2v) is 8.10. The Balaban J connectivity index is 1.71. The van der Waals surface area contributed by atoms with Crippen molar-refractivity contribution in [1.82, 2.24) is 5.32 Å². The van der Waals surface area contributed by atoms with E-state index < -0.39 is 35.1 Å². The van der Waals surface area contributed by atoms with Crippen LogP contribution in [-0.4, -0.2) is 43.7 Å². The Labute approximate surface area is 185 Å². The standard InChI is InChI=1S/C21H20F4N2O4S/c1-30-18-9-12(22)5-6-16(18)20(29)27-17-11-31-8-7-15(17)19(28)26-13-3-2-4-14(10-13)32-21(23,24)25/h2-6,9-10,15,17H,7-8,11H2,1H3,(H,26,28)(H,27,29). The first-order valence-electron chi connectivity index (χ1n) is 9.55. The Hall–Kier alpha value is -2.79. The largest absolute Gasteiger partial charge is 0.496 e. The Kier molecular flexibility index (Phi) is 7.62. The highest BCUT2D eigenvalue weighted by atomic mass is 32.2. The normalized spacial score (nSPS) is 18.7. The predicted octanol–water partition coefficient (Wildman–Crippen LogP) is 4.22. The lowest BCUT2D eigenvalue weighted by Crippen LogP contribution is -2.50. The first kappa shape index (κ1) is 23.9. The number of rotatable bonds is 6. The van der Waals surface area contributed by atoms with Gasteiger partial charge in [0.2, 0.25) is 5.91 Å². The van der Waals surface area contributed by atoms with E-state index in [-0.39, 0.29) is 46.9 Å². The van der Waals surface area contributed by atoms with E-state index in [1.165, 1.54) is 37.4 Å². The first-order chi connectivity index (χ1) is 15.2. The van der Waals surface area contributed by atoms with Gasteiger partial charge in [-0.05, 0) is 48.5 Å². The highest BCUT2D eigenvalue weighted by Gasteiger charge is 2.34. The summed E-state index contributed by atoms with van der Waals surface area (Å²) >= 11 is -0.278. The predicted molar refractivity (Wildman–Crippen MR) is 110 cm³/mol. The summed E-state index contributed by atoms with van der Waals surface area (Å²) in [5, 5.41) is 5.32. The third kappa shape index (κ3) is 6.36. The molecule has 0 aromatic heterocycles. The van der Waals surface area contributed by atoms with Crippen molar-refractivity contribution < 1.29 is 36.6 Å². The number of nitrogens with one attached hydrogen (secondary N) is 2. The number of thioether (sulfide) groups is 1. The molecule has 0 saturated carbocycles. The summed E-state index contributed by atoms with van der Waals surface area (Å²) in [5.41, 5.74) is -4.14. The van der Waals surface area contributed by atoms with Gasteiger partial charge in [-0.1, -0.05) is 6.07 Å². The second-order valence-electron chi connectivity index (χ2n) is 6.96. The number of ether oxygens (including phenoxy) is 2. The van der Waals surface area contributed by atoms with Gasteiger partial charge in [-0.3, -0.25) is 9.59 Å². The van der Waals surface area contributed by atoms with E-state index in [0.29, 0.717) is 6.42 Å². The summed E-state index contributed by atoms with van der Waals surface area (Å²) in [6, 6.07) is 8.17. The van der Waals surface area contributed by atoms with Crippen LogP contribution < -0.4 is 15.4 Å². The van der Waals surface area contributed by atoms with Gasteiger partial charge in [-0.15, -0.1) is 0 Å². The topological polar surface area (TPSA) is 76.7 Å². The van der Waals surface area contributed by atoms with Gasteiger partial charge in [-0.2, -0.15) is 13.2 Å². The number of amides is 2. The van der Waals surface area contributed by atoms with Crippen LogP contribution in [0.5, 0.6) is 5.75 Å². The Morgan fingerprint density at radius 1 is 1.19 bits per heavy atom. The molecule has 2 N–H and O–H groups in total. The lowest BCUT2D eigenvalue weighted by molar-refractivity contribution is -0.123. The summed E-state index contributed by atoms with van der Waals surface area (Å²) in [5.74, 6) is -2.24. The van der Waals surface area contributed by atoms with Crippen molar-refractivity contribution in [2.24, 2.45) is 5.92 Å². The van der Waals surface area contributed by atoms with Crippen molar-refractivity contribution in [1.29, 1.82) is 0 Å². The average Bonchev–Trinajstić information content (AvgIpc) is 2.72. The molecule has 1 aliphatic rings. The molecule has 1 fully saturated rings. The highest BCUT2D eigenvalue weighted by molar-refractivity contribution is 8.00. The summed E-state index contributed by atoms with van der Waals surface area (Å²) in [4.78, 5) is 25.5. The number of alkyl halides is 3. The number of hydrogen-bond acceptors (Lipinski definition) is 5. The van der Waals surface area contributed by atoms with E-state index >= 15 is 0 Å². The average molecular weight is 472 g/mol. The van der Waals surface area contributed by atoms with Crippen molar-refractivity contribution in [2.45, 2.75) is 22.9 Å². The van der Waals surface area contributed by atoms with Gasteiger partial charge in [0.05, 0.1) is 31.2 Å². The Morgan fingerprint density at radius 2 is 1.97 bits per heavy atom. The highest BCUT2D eigenvalue weighted by Crippen LogP contribution is 2.37. The van der Waals surface area contributed by atoms with Gasteiger partial charge >= 0.3 is 5.51 Å². The van der Waals surface area contributed by atoms with Gasteiger partial charge in [0.25, 0.3) is 5.91 Å². The molecule has 2 atom stereocenters. The number of carbonyl (C=O) groups excluding carboxylic acids is 2. The van der Waals surface area contributed by atoms with Gasteiger partial charge in [0.1, 0.15) is 11.6 Å². The zero-order chi connectivity index (χ0) is 23.3. The van der Waals surface area contributed by atoms with E-state index in [4.69, 9.17) is 9.47 Å². The molecule has 1 aliphatic heterocycles. The smallest absolute Gasteiger partial charge is 0.446 e. The minimum atomic E-state index is -4.44.